The van der Waals surface area contributed by atoms with Crippen molar-refractivity contribution in [3.8, 4) is 0 Å². The van der Waals surface area contributed by atoms with Gasteiger partial charge in [0.25, 0.3) is 5.91 Å². The summed E-state index contributed by atoms with van der Waals surface area (Å²) in [6.45, 7) is 2.98. The van der Waals surface area contributed by atoms with Crippen LogP contribution >= 0.6 is 30.8 Å². The summed E-state index contributed by atoms with van der Waals surface area (Å²) in [5.74, 6) is -0.740. The summed E-state index contributed by atoms with van der Waals surface area (Å²) in [5, 5.41) is 31.3. The molecule has 3 atom stereocenters. The summed E-state index contributed by atoms with van der Waals surface area (Å²) in [7, 11) is -3.28. The maximum atomic E-state index is 13.1. The van der Waals surface area contributed by atoms with Gasteiger partial charge in [-0.05, 0) is 19.8 Å². The van der Waals surface area contributed by atoms with Gasteiger partial charge in [0.05, 0.1) is 24.4 Å². The minimum atomic E-state index is -4.79. The normalized spacial score (nSPS) is 20.6. The van der Waals surface area contributed by atoms with E-state index < -0.39 is 44.8 Å². The predicted molar refractivity (Wildman–Crippen MR) is 125 cm³/mol. The van der Waals surface area contributed by atoms with Crippen LogP contribution in [0.4, 0.5) is 5.13 Å². The number of hydrogen-bond acceptors (Lipinski definition) is 11. The van der Waals surface area contributed by atoms with Crippen LogP contribution in [0.15, 0.2) is 0 Å². The van der Waals surface area contributed by atoms with E-state index >= 15 is 0 Å². The number of rotatable bonds is 10. The number of imidazole rings is 1. The number of nitrogens with zero attached hydrogens (tertiary/aromatic N) is 5. The number of aliphatic hydroxyl groups is 2. The third-order valence-electron chi connectivity index (χ3n) is 5.55. The maximum Gasteiger partial charge on any atom is 0.471 e. The van der Waals surface area contributed by atoms with Crippen molar-refractivity contribution in [1.29, 1.82) is 0 Å². The van der Waals surface area contributed by atoms with E-state index in [0.29, 0.717) is 36.8 Å². The molecule has 0 saturated carbocycles. The van der Waals surface area contributed by atoms with Gasteiger partial charge >= 0.3 is 7.82 Å². The van der Waals surface area contributed by atoms with Crippen LogP contribution < -0.4 is 10.2 Å². The Bertz CT molecular complexity index is 1090. The Morgan fingerprint density at radius 3 is 2.71 bits per heavy atom. The van der Waals surface area contributed by atoms with Gasteiger partial charge in [0, 0.05) is 20.2 Å². The van der Waals surface area contributed by atoms with Crippen LogP contribution in [0.3, 0.4) is 0 Å². The number of aliphatic hydroxyl groups excluding tert-OH is 1. The Hall–Kier alpha value is -1.68. The van der Waals surface area contributed by atoms with Gasteiger partial charge in [-0.3, -0.25) is 13.9 Å². The molecule has 1 saturated heterocycles. The molecule has 2 aromatic rings. The number of halogens is 1. The molecule has 1 fully saturated rings. The number of phosphoric ester groups is 1. The molecule has 1 aliphatic rings. The topological polar surface area (TPSA) is 192 Å². The lowest BCUT2D eigenvalue weighted by atomic mass is 10.0. The van der Waals surface area contributed by atoms with Crippen molar-refractivity contribution >= 4 is 41.8 Å². The van der Waals surface area contributed by atoms with Gasteiger partial charge < -0.3 is 35.0 Å². The minimum absolute atomic E-state index is 0.0379. The molecule has 3 heterocycles. The monoisotopic (exact) mass is 554 g/mol. The van der Waals surface area contributed by atoms with Crippen molar-refractivity contribution in [2.75, 3.05) is 31.7 Å². The fourth-order valence-corrected chi connectivity index (χ4v) is 5.09. The van der Waals surface area contributed by atoms with Crippen molar-refractivity contribution in [2.24, 2.45) is 0 Å². The molecule has 0 radical (unpaired) electrons. The third kappa shape index (κ3) is 6.56. The van der Waals surface area contributed by atoms with E-state index in [2.05, 4.69) is 25.0 Å². The second kappa shape index (κ2) is 11.2. The number of methoxy groups -OCH3 is 1. The molecule has 0 spiro atoms. The SMILES string of the molecule is CCc1c(Cl)nc(C(=O)N[C@@H]2CCN(c3nnc([C@](C)(O)CO)s3)C[C@@H]2OC)n1COP(=O)(O)O. The highest BCUT2D eigenvalue weighted by atomic mass is 35.5. The number of nitrogens with one attached hydrogen (secondary N) is 1. The Morgan fingerprint density at radius 2 is 2.11 bits per heavy atom. The van der Waals surface area contributed by atoms with Gasteiger partial charge in [-0.25, -0.2) is 9.55 Å². The molecule has 3 rings (SSSR count). The molecular weight excluding hydrogens is 527 g/mol. The van der Waals surface area contributed by atoms with Crippen LogP contribution in [-0.4, -0.2) is 84.6 Å². The van der Waals surface area contributed by atoms with E-state index in [1.807, 2.05) is 4.90 Å². The first-order valence-electron chi connectivity index (χ1n) is 10.6. The van der Waals surface area contributed by atoms with Gasteiger partial charge in [0.15, 0.2) is 10.2 Å². The zero-order valence-electron chi connectivity index (χ0n) is 19.3. The van der Waals surface area contributed by atoms with E-state index in [-0.39, 0.29) is 16.0 Å². The number of phosphoric acid groups is 1. The zero-order valence-corrected chi connectivity index (χ0v) is 21.8. The van der Waals surface area contributed by atoms with Gasteiger partial charge in [-0.2, -0.15) is 0 Å². The second-order valence-corrected chi connectivity index (χ2v) is 10.7. The first-order chi connectivity index (χ1) is 16.4. The van der Waals surface area contributed by atoms with Crippen LogP contribution in [-0.2, 0) is 32.6 Å². The number of carbonyl (C=O) groups is 1. The van der Waals surface area contributed by atoms with Crippen LogP contribution in [0.25, 0.3) is 0 Å². The molecule has 1 amide bonds. The Kier molecular flexibility index (Phi) is 8.89. The molecule has 14 nitrogen and oxygen atoms in total. The summed E-state index contributed by atoms with van der Waals surface area (Å²) < 4.78 is 22.5. The van der Waals surface area contributed by atoms with E-state index in [4.69, 9.17) is 26.1 Å². The second-order valence-electron chi connectivity index (χ2n) is 8.11. The highest BCUT2D eigenvalue weighted by Crippen LogP contribution is 2.37. The smallest absolute Gasteiger partial charge is 0.393 e. The largest absolute Gasteiger partial charge is 0.471 e. The van der Waals surface area contributed by atoms with E-state index in [0.717, 1.165) is 11.3 Å². The lowest BCUT2D eigenvalue weighted by Crippen LogP contribution is -2.55. The average Bonchev–Trinajstić information content (AvgIpc) is 3.42. The Morgan fingerprint density at radius 1 is 1.40 bits per heavy atom. The number of hydrogen-bond donors (Lipinski definition) is 5. The molecule has 0 bridgehead atoms. The number of amides is 1. The van der Waals surface area contributed by atoms with Gasteiger partial charge in [0.2, 0.25) is 11.0 Å². The first-order valence-corrected chi connectivity index (χ1v) is 13.3. The molecule has 1 aliphatic heterocycles. The lowest BCUT2D eigenvalue weighted by Gasteiger charge is -2.37. The van der Waals surface area contributed by atoms with E-state index in [9.17, 15) is 19.6 Å². The molecule has 17 heteroatoms. The standard InChI is InChI=1S/C18H28ClN6O8PS/c1-4-11-13(19)21-14(25(11)9-33-34(29,30)31)15(27)20-10-5-6-24(7-12(10)32-3)17-23-22-16(35-17)18(2,28)8-26/h10,12,26,28H,4-9H2,1-3H3,(H,20,27)(H2,29,30,31)/t10-,12+,18-/m1/s1. The maximum absolute atomic E-state index is 13.1. The van der Waals surface area contributed by atoms with Gasteiger partial charge in [-0.15, -0.1) is 10.2 Å². The molecule has 5 N–H and O–H groups in total. The quantitative estimate of drug-likeness (QED) is 0.252. The molecule has 0 aromatic carbocycles. The average molecular weight is 555 g/mol. The van der Waals surface area contributed by atoms with Crippen molar-refractivity contribution < 1.29 is 38.6 Å². The molecular formula is C18H28ClN6O8PS. The summed E-state index contributed by atoms with van der Waals surface area (Å²) in [5.41, 5.74) is -1.10. The van der Waals surface area contributed by atoms with Crippen molar-refractivity contribution in [3.63, 3.8) is 0 Å². The number of piperidine rings is 1. The Labute approximate surface area is 210 Å². The first kappa shape index (κ1) is 27.9. The van der Waals surface area contributed by atoms with E-state index in [1.54, 1.807) is 6.92 Å². The number of aromatic nitrogens is 4. The molecule has 0 aliphatic carbocycles. The molecule has 2 aromatic heterocycles. The molecule has 196 valence electrons. The number of carbonyl (C=O) groups excluding carboxylic acids is 1. The number of ether oxygens (including phenoxy) is 1. The summed E-state index contributed by atoms with van der Waals surface area (Å²) >= 11 is 7.29. The van der Waals surface area contributed by atoms with E-state index in [1.165, 1.54) is 18.6 Å². The van der Waals surface area contributed by atoms with Crippen LogP contribution in [0.2, 0.25) is 5.15 Å². The fourth-order valence-electron chi connectivity index (χ4n) is 3.59. The van der Waals surface area contributed by atoms with Crippen LogP contribution in [0.5, 0.6) is 0 Å². The highest BCUT2D eigenvalue weighted by molar-refractivity contribution is 7.46. The number of anilines is 1. The van der Waals surface area contributed by atoms with Gasteiger partial charge in [0.1, 0.15) is 12.3 Å². The summed E-state index contributed by atoms with van der Waals surface area (Å²) in [6.07, 6.45) is 0.397. The fraction of sp³-hybridized carbons (Fsp3) is 0.667. The van der Waals surface area contributed by atoms with Crippen LogP contribution in [0, 0.1) is 0 Å². The Balaban J connectivity index is 1.73. The predicted octanol–water partition coefficient (Wildman–Crippen LogP) is 0.241. The van der Waals surface area contributed by atoms with Crippen molar-refractivity contribution in [1.82, 2.24) is 25.1 Å². The molecule has 35 heavy (non-hydrogen) atoms. The van der Waals surface area contributed by atoms with Crippen molar-refractivity contribution in [3.05, 3.63) is 21.7 Å². The van der Waals surface area contributed by atoms with Crippen molar-refractivity contribution in [2.45, 2.75) is 51.2 Å². The molecule has 0 unspecified atom stereocenters. The minimum Gasteiger partial charge on any atom is -0.393 e. The summed E-state index contributed by atoms with van der Waals surface area (Å²) in [4.78, 5) is 37.1. The van der Waals surface area contributed by atoms with Crippen LogP contribution in [0.1, 0.15) is 41.6 Å². The van der Waals surface area contributed by atoms with Gasteiger partial charge in [-0.1, -0.05) is 29.9 Å². The third-order valence-corrected chi connectivity index (χ3v) is 7.54. The summed E-state index contributed by atoms with van der Waals surface area (Å²) in [6, 6.07) is -0.409. The lowest BCUT2D eigenvalue weighted by molar-refractivity contribution is -0.00294. The highest BCUT2D eigenvalue weighted by Gasteiger charge is 2.35. The zero-order chi connectivity index (χ0) is 26.0.